The van der Waals surface area contributed by atoms with Crippen molar-refractivity contribution in [3.63, 3.8) is 0 Å². The number of morpholine rings is 1. The van der Waals surface area contributed by atoms with Crippen LogP contribution in [0, 0.1) is 16.7 Å². The van der Waals surface area contributed by atoms with Gasteiger partial charge in [-0.25, -0.2) is 0 Å². The van der Waals surface area contributed by atoms with Crippen molar-refractivity contribution in [1.29, 1.82) is 0 Å². The standard InChI is InChI=1S/C22H32ClN3O3/c1-21(2)13-22(14-25-6-9-28-10-7-25)15-26(12-19(21)22)20(27)17-11-16(23)3-4-18(17)29-8-5-24/h3-4,11,19H,5-10,12-15,24H2,1-2H3/t19-,22+/m1/s1. The van der Waals surface area contributed by atoms with Crippen molar-refractivity contribution in [2.24, 2.45) is 22.5 Å². The highest BCUT2D eigenvalue weighted by molar-refractivity contribution is 6.31. The average molecular weight is 422 g/mol. The van der Waals surface area contributed by atoms with Crippen LogP contribution in [0.5, 0.6) is 5.75 Å². The van der Waals surface area contributed by atoms with Gasteiger partial charge < -0.3 is 20.1 Å². The SMILES string of the molecule is CC1(C)C[C@]2(CN3CCOCC3)CN(C(=O)c3cc(Cl)ccc3OCCN)C[C@H]12. The van der Waals surface area contributed by atoms with E-state index in [-0.39, 0.29) is 16.7 Å². The molecule has 0 spiro atoms. The number of carbonyl (C=O) groups excluding carboxylic acids is 1. The number of ether oxygens (including phenoxy) is 2. The van der Waals surface area contributed by atoms with Gasteiger partial charge in [0.05, 0.1) is 18.8 Å². The van der Waals surface area contributed by atoms with Crippen LogP contribution in [0.1, 0.15) is 30.6 Å². The zero-order valence-electron chi connectivity index (χ0n) is 17.5. The maximum absolute atomic E-state index is 13.5. The maximum Gasteiger partial charge on any atom is 0.257 e. The Balaban J connectivity index is 1.54. The van der Waals surface area contributed by atoms with Gasteiger partial charge in [0.2, 0.25) is 0 Å². The molecular weight excluding hydrogens is 390 g/mol. The van der Waals surface area contributed by atoms with Gasteiger partial charge in [-0.05, 0) is 36.0 Å². The summed E-state index contributed by atoms with van der Waals surface area (Å²) >= 11 is 6.20. The first-order valence-corrected chi connectivity index (χ1v) is 10.9. The second-order valence-corrected chi connectivity index (χ2v) is 9.87. The number of fused-ring (bicyclic) bond motifs is 1. The van der Waals surface area contributed by atoms with Crippen LogP contribution >= 0.6 is 11.6 Å². The van der Waals surface area contributed by atoms with Crippen LogP contribution < -0.4 is 10.5 Å². The van der Waals surface area contributed by atoms with E-state index in [0.29, 0.717) is 35.4 Å². The zero-order valence-corrected chi connectivity index (χ0v) is 18.2. The van der Waals surface area contributed by atoms with E-state index in [0.717, 1.165) is 52.4 Å². The Bertz CT molecular complexity index is 766. The van der Waals surface area contributed by atoms with E-state index in [4.69, 9.17) is 26.8 Å². The summed E-state index contributed by atoms with van der Waals surface area (Å²) in [5.74, 6) is 1.08. The quantitative estimate of drug-likeness (QED) is 0.764. The molecule has 160 valence electrons. The highest BCUT2D eigenvalue weighted by Crippen LogP contribution is 2.63. The molecule has 29 heavy (non-hydrogen) atoms. The number of halogens is 1. The Morgan fingerprint density at radius 3 is 2.79 bits per heavy atom. The van der Waals surface area contributed by atoms with Gasteiger partial charge in [-0.3, -0.25) is 9.69 Å². The average Bonchev–Trinajstić information content (AvgIpc) is 3.01. The van der Waals surface area contributed by atoms with Gasteiger partial charge in [-0.15, -0.1) is 0 Å². The van der Waals surface area contributed by atoms with Crippen molar-refractivity contribution >= 4 is 17.5 Å². The third-order valence-corrected chi connectivity index (χ3v) is 7.11. The zero-order chi connectivity index (χ0) is 20.6. The van der Waals surface area contributed by atoms with Gasteiger partial charge in [0.15, 0.2) is 0 Å². The Labute approximate surface area is 178 Å². The van der Waals surface area contributed by atoms with Crippen molar-refractivity contribution in [3.05, 3.63) is 28.8 Å². The lowest BCUT2D eigenvalue weighted by atomic mass is 9.48. The molecule has 3 fully saturated rings. The first kappa shape index (κ1) is 20.9. The Morgan fingerprint density at radius 1 is 1.34 bits per heavy atom. The number of carbonyl (C=O) groups is 1. The van der Waals surface area contributed by atoms with Gasteiger partial charge in [0, 0.05) is 49.7 Å². The fraction of sp³-hybridized carbons (Fsp3) is 0.682. The lowest BCUT2D eigenvalue weighted by molar-refractivity contribution is -0.0966. The molecule has 1 saturated carbocycles. The number of hydrogen-bond acceptors (Lipinski definition) is 5. The minimum atomic E-state index is 0.00562. The van der Waals surface area contributed by atoms with Crippen LogP contribution in [0.15, 0.2) is 18.2 Å². The van der Waals surface area contributed by atoms with E-state index in [1.165, 1.54) is 0 Å². The Morgan fingerprint density at radius 2 is 2.10 bits per heavy atom. The highest BCUT2D eigenvalue weighted by Gasteiger charge is 2.63. The normalized spacial score (nSPS) is 28.7. The van der Waals surface area contributed by atoms with Crippen molar-refractivity contribution < 1.29 is 14.3 Å². The summed E-state index contributed by atoms with van der Waals surface area (Å²) in [5, 5.41) is 0.541. The minimum absolute atomic E-state index is 0.00562. The van der Waals surface area contributed by atoms with Crippen molar-refractivity contribution in [2.45, 2.75) is 20.3 Å². The number of rotatable bonds is 6. The molecule has 6 nitrogen and oxygen atoms in total. The Hall–Kier alpha value is -1.34. The van der Waals surface area contributed by atoms with Crippen LogP contribution in [0.25, 0.3) is 0 Å². The van der Waals surface area contributed by atoms with Crippen LogP contribution in [-0.4, -0.2) is 74.8 Å². The maximum atomic E-state index is 13.5. The molecule has 7 heteroatoms. The first-order valence-electron chi connectivity index (χ1n) is 10.6. The van der Waals surface area contributed by atoms with Crippen molar-refractivity contribution in [3.8, 4) is 5.75 Å². The molecule has 0 bridgehead atoms. The molecule has 3 aliphatic rings. The molecule has 2 saturated heterocycles. The fourth-order valence-electron chi connectivity index (χ4n) is 5.83. The van der Waals surface area contributed by atoms with Gasteiger partial charge >= 0.3 is 0 Å². The molecule has 2 heterocycles. The second kappa shape index (κ2) is 8.06. The molecule has 1 aliphatic carbocycles. The molecule has 2 aliphatic heterocycles. The third kappa shape index (κ3) is 4.00. The monoisotopic (exact) mass is 421 g/mol. The number of nitrogens with zero attached hydrogens (tertiary/aromatic N) is 2. The van der Waals surface area contributed by atoms with Crippen LogP contribution in [-0.2, 0) is 4.74 Å². The first-order chi connectivity index (χ1) is 13.8. The minimum Gasteiger partial charge on any atom is -0.491 e. The summed E-state index contributed by atoms with van der Waals surface area (Å²) < 4.78 is 11.2. The summed E-state index contributed by atoms with van der Waals surface area (Å²) in [6.07, 6.45) is 1.15. The smallest absolute Gasteiger partial charge is 0.257 e. The molecule has 2 atom stereocenters. The molecule has 2 N–H and O–H groups in total. The van der Waals surface area contributed by atoms with E-state index >= 15 is 0 Å². The van der Waals surface area contributed by atoms with Gasteiger partial charge in [0.1, 0.15) is 12.4 Å². The number of amides is 1. The predicted molar refractivity (Wildman–Crippen MR) is 113 cm³/mol. The Kier molecular flexibility index (Phi) is 5.81. The lowest BCUT2D eigenvalue weighted by Gasteiger charge is -2.58. The lowest BCUT2D eigenvalue weighted by Crippen LogP contribution is -2.59. The fourth-order valence-corrected chi connectivity index (χ4v) is 6.01. The van der Waals surface area contributed by atoms with E-state index in [1.807, 2.05) is 4.90 Å². The molecule has 0 unspecified atom stereocenters. The number of benzene rings is 1. The summed E-state index contributed by atoms with van der Waals surface area (Å²) in [4.78, 5) is 18.0. The summed E-state index contributed by atoms with van der Waals surface area (Å²) in [5.41, 5.74) is 6.54. The summed E-state index contributed by atoms with van der Waals surface area (Å²) in [6, 6.07) is 5.24. The molecular formula is C22H32ClN3O3. The molecule has 0 aromatic heterocycles. The highest BCUT2D eigenvalue weighted by atomic mass is 35.5. The van der Waals surface area contributed by atoms with E-state index in [1.54, 1.807) is 18.2 Å². The van der Waals surface area contributed by atoms with Crippen LogP contribution in [0.2, 0.25) is 5.02 Å². The summed E-state index contributed by atoms with van der Waals surface area (Å²) in [6.45, 7) is 11.6. The van der Waals surface area contributed by atoms with E-state index < -0.39 is 0 Å². The van der Waals surface area contributed by atoms with E-state index in [9.17, 15) is 4.79 Å². The summed E-state index contributed by atoms with van der Waals surface area (Å²) in [7, 11) is 0. The van der Waals surface area contributed by atoms with E-state index in [2.05, 4.69) is 18.7 Å². The largest absolute Gasteiger partial charge is 0.491 e. The van der Waals surface area contributed by atoms with Gasteiger partial charge in [-0.1, -0.05) is 25.4 Å². The van der Waals surface area contributed by atoms with Gasteiger partial charge in [0.25, 0.3) is 5.91 Å². The van der Waals surface area contributed by atoms with Crippen molar-refractivity contribution in [2.75, 3.05) is 59.1 Å². The number of nitrogens with two attached hydrogens (primary N) is 1. The molecule has 1 aromatic carbocycles. The third-order valence-electron chi connectivity index (χ3n) is 6.88. The number of hydrogen-bond donors (Lipinski definition) is 1. The predicted octanol–water partition coefficient (Wildman–Crippen LogP) is 2.50. The van der Waals surface area contributed by atoms with Crippen molar-refractivity contribution in [1.82, 2.24) is 9.80 Å². The topological polar surface area (TPSA) is 68.0 Å². The van der Waals surface area contributed by atoms with Crippen LogP contribution in [0.3, 0.4) is 0 Å². The molecule has 1 aromatic rings. The molecule has 0 radical (unpaired) electrons. The van der Waals surface area contributed by atoms with Gasteiger partial charge in [-0.2, -0.15) is 0 Å². The second-order valence-electron chi connectivity index (χ2n) is 9.43. The van der Waals surface area contributed by atoms with Crippen LogP contribution in [0.4, 0.5) is 0 Å². The molecule has 1 amide bonds. The number of likely N-dealkylation sites (tertiary alicyclic amines) is 1. The molecule has 4 rings (SSSR count).